The zero-order valence-corrected chi connectivity index (χ0v) is 14.7. The Morgan fingerprint density at radius 1 is 1.20 bits per heavy atom. The highest BCUT2D eigenvalue weighted by Crippen LogP contribution is 2.29. The molecule has 3 aromatic rings. The highest BCUT2D eigenvalue weighted by atomic mass is 16.2. The predicted molar refractivity (Wildman–Crippen MR) is 101 cm³/mol. The number of nitrogens with one attached hydrogen (secondary N) is 2. The largest absolute Gasteiger partial charge is 0.350 e. The first kappa shape index (κ1) is 16.9. The number of hydrazone groups is 1. The summed E-state index contributed by atoms with van der Waals surface area (Å²) in [7, 11) is 0. The molecule has 0 aliphatic heterocycles. The Balaban J connectivity index is 1.92. The maximum absolute atomic E-state index is 12.7. The fourth-order valence-electron chi connectivity index (χ4n) is 3.01. The number of benzene rings is 1. The third kappa shape index (κ3) is 3.45. The number of carbonyl (C=O) groups excluding carboxylic acids is 1. The molecule has 2 aromatic heterocycles. The van der Waals surface area contributed by atoms with E-state index < -0.39 is 0 Å². The van der Waals surface area contributed by atoms with Crippen LogP contribution in [-0.4, -0.2) is 21.6 Å². The van der Waals surface area contributed by atoms with Gasteiger partial charge in [-0.15, -0.1) is 0 Å². The van der Waals surface area contributed by atoms with Gasteiger partial charge in [-0.05, 0) is 36.1 Å². The summed E-state index contributed by atoms with van der Waals surface area (Å²) in [5, 5.41) is 5.41. The summed E-state index contributed by atoms with van der Waals surface area (Å²) >= 11 is 0. The van der Waals surface area contributed by atoms with Crippen LogP contribution < -0.4 is 5.43 Å². The van der Waals surface area contributed by atoms with Gasteiger partial charge in [0.1, 0.15) is 5.69 Å². The number of pyridine rings is 1. The number of hydrogen-bond donors (Lipinski definition) is 2. The Kier molecular flexibility index (Phi) is 4.93. The summed E-state index contributed by atoms with van der Waals surface area (Å²) in [5.74, 6) is 0.00614. The van der Waals surface area contributed by atoms with Gasteiger partial charge < -0.3 is 4.98 Å². The molecule has 0 unspecified atom stereocenters. The maximum Gasteiger partial charge on any atom is 0.288 e. The molecule has 0 fully saturated rings. The molecule has 5 heteroatoms. The van der Waals surface area contributed by atoms with E-state index in [1.165, 1.54) is 0 Å². The molecule has 0 bridgehead atoms. The van der Waals surface area contributed by atoms with Crippen molar-refractivity contribution in [2.24, 2.45) is 5.10 Å². The topological polar surface area (TPSA) is 70.1 Å². The van der Waals surface area contributed by atoms with Crippen LogP contribution in [0.25, 0.3) is 10.9 Å². The Morgan fingerprint density at radius 2 is 1.92 bits per heavy atom. The first-order valence-electron chi connectivity index (χ1n) is 8.49. The molecular formula is C20H22N4O. The van der Waals surface area contributed by atoms with E-state index in [0.29, 0.717) is 12.1 Å². The quantitative estimate of drug-likeness (QED) is 0.541. The van der Waals surface area contributed by atoms with Gasteiger partial charge in [0.05, 0.1) is 5.71 Å². The SMILES string of the molecule is CCC(=NNC(=O)c1[nH]c2ccccc2c1C(C)C)c1ccncc1. The van der Waals surface area contributed by atoms with Gasteiger partial charge in [-0.1, -0.05) is 39.0 Å². The van der Waals surface area contributed by atoms with Crippen molar-refractivity contribution in [1.82, 2.24) is 15.4 Å². The van der Waals surface area contributed by atoms with Crippen molar-refractivity contribution in [1.29, 1.82) is 0 Å². The zero-order chi connectivity index (χ0) is 17.8. The molecule has 0 atom stereocenters. The second-order valence-electron chi connectivity index (χ2n) is 6.20. The van der Waals surface area contributed by atoms with Crippen LogP contribution in [0.3, 0.4) is 0 Å². The fourth-order valence-corrected chi connectivity index (χ4v) is 3.01. The van der Waals surface area contributed by atoms with Crippen molar-refractivity contribution in [3.63, 3.8) is 0 Å². The summed E-state index contributed by atoms with van der Waals surface area (Å²) in [5.41, 5.74) is 7.03. The fraction of sp³-hybridized carbons (Fsp3) is 0.250. The molecule has 0 saturated heterocycles. The van der Waals surface area contributed by atoms with Gasteiger partial charge >= 0.3 is 0 Å². The number of fused-ring (bicyclic) bond motifs is 1. The molecule has 3 rings (SSSR count). The number of aromatic amines is 1. The van der Waals surface area contributed by atoms with Gasteiger partial charge in [-0.2, -0.15) is 5.10 Å². The summed E-state index contributed by atoms with van der Waals surface area (Å²) in [6.07, 6.45) is 4.15. The second-order valence-corrected chi connectivity index (χ2v) is 6.20. The normalized spacial score (nSPS) is 11.9. The second kappa shape index (κ2) is 7.30. The van der Waals surface area contributed by atoms with Crippen LogP contribution in [0.5, 0.6) is 0 Å². The number of carbonyl (C=O) groups is 1. The number of amides is 1. The number of para-hydroxylation sites is 1. The van der Waals surface area contributed by atoms with Gasteiger partial charge in [0.2, 0.25) is 0 Å². The Morgan fingerprint density at radius 3 is 2.60 bits per heavy atom. The van der Waals surface area contributed by atoms with Crippen molar-refractivity contribution in [2.45, 2.75) is 33.1 Å². The third-order valence-corrected chi connectivity index (χ3v) is 4.19. The van der Waals surface area contributed by atoms with Crippen LogP contribution in [-0.2, 0) is 0 Å². The minimum atomic E-state index is -0.222. The molecule has 0 spiro atoms. The van der Waals surface area contributed by atoms with Crippen LogP contribution in [0.1, 0.15) is 54.7 Å². The Hall–Kier alpha value is -2.95. The molecule has 25 heavy (non-hydrogen) atoms. The van der Waals surface area contributed by atoms with E-state index in [1.807, 2.05) is 43.3 Å². The van der Waals surface area contributed by atoms with Gasteiger partial charge in [-0.3, -0.25) is 9.78 Å². The van der Waals surface area contributed by atoms with Crippen LogP contribution in [0, 0.1) is 0 Å². The van der Waals surface area contributed by atoms with E-state index in [9.17, 15) is 4.79 Å². The molecule has 0 saturated carbocycles. The lowest BCUT2D eigenvalue weighted by atomic mass is 9.99. The van der Waals surface area contributed by atoms with Crippen molar-refractivity contribution >= 4 is 22.5 Å². The van der Waals surface area contributed by atoms with Crippen molar-refractivity contribution in [2.75, 3.05) is 0 Å². The van der Waals surface area contributed by atoms with Gasteiger partial charge in [0.15, 0.2) is 0 Å². The smallest absolute Gasteiger partial charge is 0.288 e. The molecule has 0 radical (unpaired) electrons. The van der Waals surface area contributed by atoms with Crippen LogP contribution in [0.4, 0.5) is 0 Å². The first-order valence-corrected chi connectivity index (χ1v) is 8.49. The maximum atomic E-state index is 12.7. The van der Waals surface area contributed by atoms with E-state index in [-0.39, 0.29) is 11.8 Å². The van der Waals surface area contributed by atoms with Gasteiger partial charge in [0.25, 0.3) is 5.91 Å². The van der Waals surface area contributed by atoms with E-state index in [4.69, 9.17) is 0 Å². The molecule has 0 aliphatic rings. The lowest BCUT2D eigenvalue weighted by molar-refractivity contribution is 0.0949. The highest BCUT2D eigenvalue weighted by Gasteiger charge is 2.19. The number of aromatic nitrogens is 2. The monoisotopic (exact) mass is 334 g/mol. The molecule has 2 N–H and O–H groups in total. The first-order chi connectivity index (χ1) is 12.1. The summed E-state index contributed by atoms with van der Waals surface area (Å²) in [6, 6.07) is 11.7. The standard InChI is InChI=1S/C20H22N4O/c1-4-16(14-9-11-21-12-10-14)23-24-20(25)19-18(13(2)3)15-7-5-6-8-17(15)22-19/h5-13,22H,4H2,1-3H3,(H,24,25). The highest BCUT2D eigenvalue weighted by molar-refractivity contribution is 6.04. The van der Waals surface area contributed by atoms with E-state index >= 15 is 0 Å². The average molecular weight is 334 g/mol. The minimum Gasteiger partial charge on any atom is -0.350 e. The van der Waals surface area contributed by atoms with Crippen molar-refractivity contribution in [3.8, 4) is 0 Å². The summed E-state index contributed by atoms with van der Waals surface area (Å²) < 4.78 is 0. The van der Waals surface area contributed by atoms with Crippen LogP contribution >= 0.6 is 0 Å². The Bertz CT molecular complexity index is 910. The molecule has 5 nitrogen and oxygen atoms in total. The molecule has 1 amide bonds. The predicted octanol–water partition coefficient (Wildman–Crippen LogP) is 4.23. The lowest BCUT2D eigenvalue weighted by Gasteiger charge is -2.08. The minimum absolute atomic E-state index is 0.222. The van der Waals surface area contributed by atoms with E-state index in [0.717, 1.165) is 27.7 Å². The van der Waals surface area contributed by atoms with Crippen molar-refractivity contribution in [3.05, 3.63) is 65.6 Å². The molecule has 1 aromatic carbocycles. The molecular weight excluding hydrogens is 312 g/mol. The van der Waals surface area contributed by atoms with E-state index in [2.05, 4.69) is 34.3 Å². The van der Waals surface area contributed by atoms with Crippen LogP contribution in [0.2, 0.25) is 0 Å². The van der Waals surface area contributed by atoms with Crippen LogP contribution in [0.15, 0.2) is 53.9 Å². The molecule has 0 aliphatic carbocycles. The van der Waals surface area contributed by atoms with Gasteiger partial charge in [0, 0.05) is 28.9 Å². The molecule has 128 valence electrons. The molecule has 2 heterocycles. The van der Waals surface area contributed by atoms with Crippen molar-refractivity contribution < 1.29 is 4.79 Å². The summed E-state index contributed by atoms with van der Waals surface area (Å²) in [6.45, 7) is 6.18. The number of H-pyrrole nitrogens is 1. The zero-order valence-electron chi connectivity index (χ0n) is 14.7. The number of rotatable bonds is 5. The summed E-state index contributed by atoms with van der Waals surface area (Å²) in [4.78, 5) is 20.0. The Labute approximate surface area is 147 Å². The van der Waals surface area contributed by atoms with Gasteiger partial charge in [-0.25, -0.2) is 5.43 Å². The number of nitrogens with zero attached hydrogens (tertiary/aromatic N) is 2. The average Bonchev–Trinajstić information content (AvgIpc) is 3.03. The number of hydrogen-bond acceptors (Lipinski definition) is 3. The van der Waals surface area contributed by atoms with E-state index in [1.54, 1.807) is 12.4 Å². The third-order valence-electron chi connectivity index (χ3n) is 4.19. The lowest BCUT2D eigenvalue weighted by Crippen LogP contribution is -2.21.